The van der Waals surface area contributed by atoms with Gasteiger partial charge in [0.1, 0.15) is 0 Å². The molecule has 1 heterocycles. The van der Waals surface area contributed by atoms with E-state index in [2.05, 4.69) is 58.6 Å². The van der Waals surface area contributed by atoms with E-state index in [4.69, 9.17) is 9.47 Å². The van der Waals surface area contributed by atoms with Gasteiger partial charge in [0, 0.05) is 45.4 Å². The number of hydrogen-bond donors (Lipinski definition) is 2. The SMILES string of the molecule is CN=C(NCCCOCCc1ccccc1)NCC(C)(C)N1CCOCC1.I. The van der Waals surface area contributed by atoms with Crippen molar-refractivity contribution in [1.29, 1.82) is 0 Å². The minimum Gasteiger partial charge on any atom is -0.381 e. The van der Waals surface area contributed by atoms with E-state index in [-0.39, 0.29) is 29.5 Å². The number of nitrogens with zero attached hydrogens (tertiary/aromatic N) is 2. The molecule has 0 spiro atoms. The zero-order valence-electron chi connectivity index (χ0n) is 17.6. The first kappa shape index (κ1) is 25.1. The smallest absolute Gasteiger partial charge is 0.191 e. The second kappa shape index (κ2) is 14.1. The lowest BCUT2D eigenvalue weighted by atomic mass is 10.0. The molecule has 6 nitrogen and oxygen atoms in total. The lowest BCUT2D eigenvalue weighted by Gasteiger charge is -2.41. The molecule has 0 amide bonds. The first-order valence-corrected chi connectivity index (χ1v) is 10.0. The molecule has 160 valence electrons. The Hall–Kier alpha value is -0.900. The molecular weight excluding hydrogens is 467 g/mol. The molecule has 1 saturated heterocycles. The normalized spacial score (nSPS) is 15.8. The van der Waals surface area contributed by atoms with Crippen LogP contribution in [0.5, 0.6) is 0 Å². The number of nitrogens with one attached hydrogen (secondary N) is 2. The molecule has 0 bridgehead atoms. The third kappa shape index (κ3) is 9.54. The third-order valence-electron chi connectivity index (χ3n) is 4.91. The molecule has 1 aliphatic rings. The largest absolute Gasteiger partial charge is 0.381 e. The molecule has 0 saturated carbocycles. The molecule has 1 fully saturated rings. The van der Waals surface area contributed by atoms with Crippen LogP contribution in [-0.4, -0.2) is 76.1 Å². The van der Waals surface area contributed by atoms with Crippen LogP contribution in [-0.2, 0) is 15.9 Å². The first-order chi connectivity index (χ1) is 13.1. The fourth-order valence-electron chi connectivity index (χ4n) is 3.12. The topological polar surface area (TPSA) is 58.1 Å². The number of ether oxygens (including phenoxy) is 2. The van der Waals surface area contributed by atoms with E-state index in [1.165, 1.54) is 5.56 Å². The van der Waals surface area contributed by atoms with Gasteiger partial charge in [0.2, 0.25) is 0 Å². The molecule has 1 aromatic carbocycles. The second-order valence-electron chi connectivity index (χ2n) is 7.47. The van der Waals surface area contributed by atoms with Crippen LogP contribution in [0.1, 0.15) is 25.8 Å². The van der Waals surface area contributed by atoms with E-state index in [9.17, 15) is 0 Å². The number of rotatable bonds is 10. The summed E-state index contributed by atoms with van der Waals surface area (Å²) in [6.07, 6.45) is 1.93. The molecule has 0 atom stereocenters. The van der Waals surface area contributed by atoms with E-state index in [0.717, 1.165) is 71.4 Å². The van der Waals surface area contributed by atoms with Crippen molar-refractivity contribution in [2.75, 3.05) is 59.7 Å². The molecule has 1 aromatic rings. The van der Waals surface area contributed by atoms with Gasteiger partial charge in [-0.3, -0.25) is 9.89 Å². The van der Waals surface area contributed by atoms with Gasteiger partial charge in [-0.25, -0.2) is 0 Å². The van der Waals surface area contributed by atoms with Crippen LogP contribution in [0.25, 0.3) is 0 Å². The minimum absolute atomic E-state index is 0. The lowest BCUT2D eigenvalue weighted by molar-refractivity contribution is -0.00834. The average molecular weight is 504 g/mol. The Kier molecular flexibility index (Phi) is 12.7. The number of aliphatic imine (C=N–C) groups is 1. The van der Waals surface area contributed by atoms with Gasteiger partial charge in [-0.2, -0.15) is 0 Å². The summed E-state index contributed by atoms with van der Waals surface area (Å²) in [6.45, 7) is 11.4. The van der Waals surface area contributed by atoms with Gasteiger partial charge >= 0.3 is 0 Å². The van der Waals surface area contributed by atoms with Crippen molar-refractivity contribution < 1.29 is 9.47 Å². The summed E-state index contributed by atoms with van der Waals surface area (Å²) in [5.74, 6) is 0.848. The van der Waals surface area contributed by atoms with Crippen LogP contribution in [0, 0.1) is 0 Å². The Morgan fingerprint density at radius 3 is 2.54 bits per heavy atom. The molecule has 2 N–H and O–H groups in total. The fourth-order valence-corrected chi connectivity index (χ4v) is 3.12. The lowest BCUT2D eigenvalue weighted by Crippen LogP contribution is -2.56. The third-order valence-corrected chi connectivity index (χ3v) is 4.91. The van der Waals surface area contributed by atoms with E-state index in [1.807, 2.05) is 13.1 Å². The highest BCUT2D eigenvalue weighted by molar-refractivity contribution is 14.0. The second-order valence-corrected chi connectivity index (χ2v) is 7.47. The summed E-state index contributed by atoms with van der Waals surface area (Å²) >= 11 is 0. The van der Waals surface area contributed by atoms with Gasteiger partial charge in [0.15, 0.2) is 5.96 Å². The monoisotopic (exact) mass is 504 g/mol. The predicted octanol–water partition coefficient (Wildman–Crippen LogP) is 2.53. The van der Waals surface area contributed by atoms with Crippen LogP contribution < -0.4 is 10.6 Å². The van der Waals surface area contributed by atoms with Gasteiger partial charge in [-0.15, -0.1) is 24.0 Å². The molecule has 0 unspecified atom stereocenters. The maximum atomic E-state index is 5.73. The van der Waals surface area contributed by atoms with Crippen LogP contribution in [0.4, 0.5) is 0 Å². The molecule has 0 aliphatic carbocycles. The molecule has 28 heavy (non-hydrogen) atoms. The van der Waals surface area contributed by atoms with Gasteiger partial charge < -0.3 is 20.1 Å². The number of halogens is 1. The molecule has 7 heteroatoms. The Morgan fingerprint density at radius 2 is 1.86 bits per heavy atom. The maximum absolute atomic E-state index is 5.73. The zero-order valence-corrected chi connectivity index (χ0v) is 19.9. The standard InChI is InChI=1S/C21H36N4O2.HI/c1-21(2,25-12-16-27-17-13-25)18-24-20(22-3)23-11-7-14-26-15-10-19-8-5-4-6-9-19;/h4-6,8-9H,7,10-18H2,1-3H3,(H2,22,23,24);1H. The number of benzene rings is 1. The number of guanidine groups is 1. The molecule has 2 rings (SSSR count). The summed E-state index contributed by atoms with van der Waals surface area (Å²) in [5, 5.41) is 6.82. The summed E-state index contributed by atoms with van der Waals surface area (Å²) < 4.78 is 11.2. The van der Waals surface area contributed by atoms with Gasteiger partial charge in [-0.05, 0) is 32.3 Å². The van der Waals surface area contributed by atoms with Crippen LogP contribution in [0.2, 0.25) is 0 Å². The molecule has 0 aromatic heterocycles. The van der Waals surface area contributed by atoms with Gasteiger partial charge in [0.05, 0.1) is 19.8 Å². The fraction of sp³-hybridized carbons (Fsp3) is 0.667. The van der Waals surface area contributed by atoms with Crippen LogP contribution in [0.3, 0.4) is 0 Å². The van der Waals surface area contributed by atoms with Crippen molar-refractivity contribution in [3.05, 3.63) is 35.9 Å². The quantitative estimate of drug-likeness (QED) is 0.222. The van der Waals surface area contributed by atoms with E-state index in [0.29, 0.717) is 0 Å². The Bertz CT molecular complexity index is 549. The number of hydrogen-bond acceptors (Lipinski definition) is 4. The summed E-state index contributed by atoms with van der Waals surface area (Å²) in [5.41, 5.74) is 1.39. The maximum Gasteiger partial charge on any atom is 0.191 e. The van der Waals surface area contributed by atoms with E-state index in [1.54, 1.807) is 0 Å². The average Bonchev–Trinajstić information content (AvgIpc) is 2.71. The summed E-state index contributed by atoms with van der Waals surface area (Å²) in [7, 11) is 1.81. The van der Waals surface area contributed by atoms with Crippen LogP contribution >= 0.6 is 24.0 Å². The Labute approximate surface area is 187 Å². The number of morpholine rings is 1. The van der Waals surface area contributed by atoms with Crippen molar-refractivity contribution in [3.63, 3.8) is 0 Å². The van der Waals surface area contributed by atoms with Crippen molar-refractivity contribution in [1.82, 2.24) is 15.5 Å². The van der Waals surface area contributed by atoms with Crippen molar-refractivity contribution in [2.24, 2.45) is 4.99 Å². The Balaban J connectivity index is 0.00000392. The highest BCUT2D eigenvalue weighted by Crippen LogP contribution is 2.14. The van der Waals surface area contributed by atoms with Crippen molar-refractivity contribution >= 4 is 29.9 Å². The highest BCUT2D eigenvalue weighted by atomic mass is 127. The van der Waals surface area contributed by atoms with Gasteiger partial charge in [0.25, 0.3) is 0 Å². The highest BCUT2D eigenvalue weighted by Gasteiger charge is 2.28. The summed E-state index contributed by atoms with van der Waals surface area (Å²) in [6, 6.07) is 10.5. The molecule has 0 radical (unpaired) electrons. The van der Waals surface area contributed by atoms with Crippen molar-refractivity contribution in [3.8, 4) is 0 Å². The Morgan fingerprint density at radius 1 is 1.14 bits per heavy atom. The van der Waals surface area contributed by atoms with Crippen molar-refractivity contribution in [2.45, 2.75) is 32.2 Å². The van der Waals surface area contributed by atoms with Crippen LogP contribution in [0.15, 0.2) is 35.3 Å². The van der Waals surface area contributed by atoms with E-state index < -0.39 is 0 Å². The first-order valence-electron chi connectivity index (χ1n) is 10.0. The predicted molar refractivity (Wildman–Crippen MR) is 127 cm³/mol. The van der Waals surface area contributed by atoms with E-state index >= 15 is 0 Å². The van der Waals surface area contributed by atoms with Gasteiger partial charge in [-0.1, -0.05) is 30.3 Å². The minimum atomic E-state index is 0. The molecular formula is C21H37IN4O2. The summed E-state index contributed by atoms with van der Waals surface area (Å²) in [4.78, 5) is 6.79. The zero-order chi connectivity index (χ0) is 19.4. The molecule has 1 aliphatic heterocycles.